The number of nitrogens with zero attached hydrogens (tertiary/aromatic N) is 1. The third kappa shape index (κ3) is 4.90. The molecule has 0 bridgehead atoms. The van der Waals surface area contributed by atoms with Crippen LogP contribution < -0.4 is 3.71 Å². The number of aryl methyl sites for hydroxylation is 2. The zero-order valence-corrected chi connectivity index (χ0v) is 20.6. The summed E-state index contributed by atoms with van der Waals surface area (Å²) in [6.45, 7) is 3.67. The highest BCUT2D eigenvalue weighted by Crippen LogP contribution is 2.31. The molecule has 4 aromatic carbocycles. The molecule has 0 fully saturated rings. The molecule has 4 rings (SSSR count). The molecule has 0 aliphatic heterocycles. The summed E-state index contributed by atoms with van der Waals surface area (Å²) in [6.07, 6.45) is 0.649. The lowest BCUT2D eigenvalue weighted by Gasteiger charge is -2.24. The second-order valence-electron chi connectivity index (χ2n) is 8.16. The molecule has 0 saturated carbocycles. The van der Waals surface area contributed by atoms with Gasteiger partial charge in [-0.05, 0) is 67.8 Å². The summed E-state index contributed by atoms with van der Waals surface area (Å²) in [5.74, 6) is 0. The normalized spacial score (nSPS) is 11.8. The van der Waals surface area contributed by atoms with E-state index in [4.69, 9.17) is 0 Å². The zero-order chi connectivity index (χ0) is 24.3. The largest absolute Gasteiger partial charge is 0.277 e. The first-order valence-electron chi connectivity index (χ1n) is 10.7. The summed E-state index contributed by atoms with van der Waals surface area (Å²) in [4.78, 5) is -0.190. The summed E-state index contributed by atoms with van der Waals surface area (Å²) >= 11 is 0. The predicted molar refractivity (Wildman–Crippen MR) is 135 cm³/mol. The van der Waals surface area contributed by atoms with Crippen LogP contribution >= 0.6 is 0 Å². The summed E-state index contributed by atoms with van der Waals surface area (Å²) < 4.78 is 55.1. The van der Waals surface area contributed by atoms with Crippen LogP contribution in [0, 0.1) is 13.8 Å². The molecule has 5 nitrogen and oxygen atoms in total. The van der Waals surface area contributed by atoms with E-state index in [9.17, 15) is 16.8 Å². The first kappa shape index (κ1) is 23.7. The van der Waals surface area contributed by atoms with Crippen molar-refractivity contribution in [3.63, 3.8) is 0 Å². The average molecular weight is 492 g/mol. The standard InChI is InChI=1S/C27H25NO4S2/c1-21-8-16-26(17-9-21)33(29,30)28(34(31,32)27-18-10-22(2)11-19-27)25-14-12-24(13-15-25)20-23-6-4-3-5-7-23/h3-19H,20H2,1-2H3. The molecule has 0 radical (unpaired) electrons. The summed E-state index contributed by atoms with van der Waals surface area (Å²) in [7, 11) is -8.83. The van der Waals surface area contributed by atoms with E-state index < -0.39 is 20.0 Å². The van der Waals surface area contributed by atoms with Gasteiger partial charge in [-0.3, -0.25) is 0 Å². The second-order valence-corrected chi connectivity index (χ2v) is 12.0. The molecule has 0 spiro atoms. The lowest BCUT2D eigenvalue weighted by atomic mass is 10.1. The van der Waals surface area contributed by atoms with Crippen LogP contribution in [0.3, 0.4) is 0 Å². The van der Waals surface area contributed by atoms with Crippen LogP contribution in [0.1, 0.15) is 22.3 Å². The minimum atomic E-state index is -4.41. The topological polar surface area (TPSA) is 71.5 Å². The smallest absolute Gasteiger partial charge is 0.200 e. The van der Waals surface area contributed by atoms with E-state index in [-0.39, 0.29) is 15.5 Å². The Morgan fingerprint density at radius 2 is 0.941 bits per heavy atom. The van der Waals surface area contributed by atoms with Gasteiger partial charge in [-0.1, -0.05) is 77.9 Å². The minimum Gasteiger partial charge on any atom is -0.200 e. The zero-order valence-electron chi connectivity index (χ0n) is 18.9. The maximum atomic E-state index is 13.7. The molecule has 7 heteroatoms. The molecule has 0 saturated heterocycles. The minimum absolute atomic E-state index is 0.0537. The van der Waals surface area contributed by atoms with Crippen LogP contribution in [0.5, 0.6) is 0 Å². The monoisotopic (exact) mass is 491 g/mol. The number of rotatable bonds is 7. The molecule has 34 heavy (non-hydrogen) atoms. The maximum absolute atomic E-state index is 13.7. The Balaban J connectivity index is 1.81. The Morgan fingerprint density at radius 1 is 0.529 bits per heavy atom. The Labute approximate surface area is 201 Å². The van der Waals surface area contributed by atoms with Gasteiger partial charge >= 0.3 is 0 Å². The van der Waals surface area contributed by atoms with Crippen LogP contribution in [-0.2, 0) is 26.5 Å². The fraction of sp³-hybridized carbons (Fsp3) is 0.111. The van der Waals surface area contributed by atoms with Crippen molar-refractivity contribution in [3.05, 3.63) is 125 Å². The van der Waals surface area contributed by atoms with Gasteiger partial charge in [0.1, 0.15) is 0 Å². The molecular weight excluding hydrogens is 466 g/mol. The lowest BCUT2D eigenvalue weighted by Crippen LogP contribution is -2.37. The van der Waals surface area contributed by atoms with E-state index in [1.54, 1.807) is 36.4 Å². The van der Waals surface area contributed by atoms with Crippen molar-refractivity contribution in [1.29, 1.82) is 0 Å². The fourth-order valence-corrected chi connectivity index (χ4v) is 7.28. The molecule has 4 aromatic rings. The molecule has 0 amide bonds. The first-order valence-corrected chi connectivity index (χ1v) is 13.6. The Hall–Kier alpha value is -3.42. The quantitative estimate of drug-likeness (QED) is 0.343. The summed E-state index contributed by atoms with van der Waals surface area (Å²) in [5.41, 5.74) is 3.84. The van der Waals surface area contributed by atoms with E-state index in [0.29, 0.717) is 10.1 Å². The SMILES string of the molecule is Cc1ccc(S(=O)(=O)N(c2ccc(Cc3ccccc3)cc2)S(=O)(=O)c2ccc(C)cc2)cc1. The third-order valence-electron chi connectivity index (χ3n) is 5.47. The van der Waals surface area contributed by atoms with Gasteiger partial charge in [0.25, 0.3) is 20.0 Å². The fourth-order valence-electron chi connectivity index (χ4n) is 3.59. The van der Waals surface area contributed by atoms with Crippen molar-refractivity contribution in [2.45, 2.75) is 30.1 Å². The molecule has 0 heterocycles. The number of hydrogen-bond acceptors (Lipinski definition) is 4. The highest BCUT2D eigenvalue weighted by molar-refractivity contribution is 8.10. The van der Waals surface area contributed by atoms with Crippen molar-refractivity contribution in [1.82, 2.24) is 0 Å². The van der Waals surface area contributed by atoms with Crippen molar-refractivity contribution in [2.24, 2.45) is 0 Å². The highest BCUT2D eigenvalue weighted by atomic mass is 32.3. The third-order valence-corrected chi connectivity index (χ3v) is 9.68. The van der Waals surface area contributed by atoms with Crippen molar-refractivity contribution >= 4 is 25.7 Å². The van der Waals surface area contributed by atoms with E-state index in [0.717, 1.165) is 22.3 Å². The molecule has 0 aromatic heterocycles. The van der Waals surface area contributed by atoms with Gasteiger partial charge in [0, 0.05) is 0 Å². The Bertz CT molecular complexity index is 1400. The van der Waals surface area contributed by atoms with Gasteiger partial charge in [0.2, 0.25) is 0 Å². The first-order chi connectivity index (χ1) is 16.2. The molecule has 0 atom stereocenters. The lowest BCUT2D eigenvalue weighted by molar-refractivity contribution is 0.584. The maximum Gasteiger partial charge on any atom is 0.277 e. The van der Waals surface area contributed by atoms with Crippen LogP contribution in [0.25, 0.3) is 0 Å². The van der Waals surface area contributed by atoms with Crippen LogP contribution in [0.15, 0.2) is 113 Å². The van der Waals surface area contributed by atoms with E-state index in [1.165, 1.54) is 36.4 Å². The number of benzene rings is 4. The Morgan fingerprint density at radius 3 is 1.38 bits per heavy atom. The number of sulfonamides is 2. The van der Waals surface area contributed by atoms with E-state index >= 15 is 0 Å². The van der Waals surface area contributed by atoms with E-state index in [1.807, 2.05) is 44.2 Å². The second kappa shape index (κ2) is 9.44. The van der Waals surface area contributed by atoms with Crippen molar-refractivity contribution in [2.75, 3.05) is 3.71 Å². The molecule has 0 aliphatic rings. The van der Waals surface area contributed by atoms with Crippen LogP contribution in [0.4, 0.5) is 5.69 Å². The van der Waals surface area contributed by atoms with Crippen molar-refractivity contribution < 1.29 is 16.8 Å². The predicted octanol–water partition coefficient (Wildman–Crippen LogP) is 5.48. The van der Waals surface area contributed by atoms with Gasteiger partial charge in [-0.25, -0.2) is 16.8 Å². The van der Waals surface area contributed by atoms with Gasteiger partial charge in [0.15, 0.2) is 0 Å². The van der Waals surface area contributed by atoms with Crippen LogP contribution in [-0.4, -0.2) is 16.8 Å². The van der Waals surface area contributed by atoms with Gasteiger partial charge in [-0.2, -0.15) is 3.71 Å². The highest BCUT2D eigenvalue weighted by Gasteiger charge is 2.36. The average Bonchev–Trinajstić information content (AvgIpc) is 2.81. The van der Waals surface area contributed by atoms with Gasteiger partial charge < -0.3 is 0 Å². The molecule has 0 N–H and O–H groups in total. The number of anilines is 1. The number of hydrogen-bond donors (Lipinski definition) is 0. The molecule has 0 unspecified atom stereocenters. The molecular formula is C27H25NO4S2. The summed E-state index contributed by atoms with van der Waals surface area (Å²) in [6, 6.07) is 28.7. The molecule has 0 aliphatic carbocycles. The van der Waals surface area contributed by atoms with Crippen molar-refractivity contribution in [3.8, 4) is 0 Å². The summed E-state index contributed by atoms with van der Waals surface area (Å²) in [5, 5.41) is 0. The van der Waals surface area contributed by atoms with Crippen LogP contribution in [0.2, 0.25) is 0 Å². The Kier molecular flexibility index (Phi) is 6.59. The van der Waals surface area contributed by atoms with Gasteiger partial charge in [-0.15, -0.1) is 0 Å². The van der Waals surface area contributed by atoms with Gasteiger partial charge in [0.05, 0.1) is 15.5 Å². The molecule has 174 valence electrons. The van der Waals surface area contributed by atoms with E-state index in [2.05, 4.69) is 0 Å².